The number of ketones is 2. The molecule has 1 amide bonds. The lowest BCUT2D eigenvalue weighted by Gasteiger charge is -2.41. The Kier molecular flexibility index (Phi) is 6.93. The van der Waals surface area contributed by atoms with Gasteiger partial charge in [-0.3, -0.25) is 9.59 Å². The van der Waals surface area contributed by atoms with Crippen molar-refractivity contribution in [3.8, 4) is 0 Å². The summed E-state index contributed by atoms with van der Waals surface area (Å²) in [7, 11) is 0. The number of likely N-dealkylation sites (tertiary alicyclic amines) is 1. The maximum Gasteiger partial charge on any atom is 0.410 e. The summed E-state index contributed by atoms with van der Waals surface area (Å²) in [4.78, 5) is 34.7. The zero-order valence-electron chi connectivity index (χ0n) is 15.3. The van der Waals surface area contributed by atoms with Gasteiger partial charge in [0, 0.05) is 19.5 Å². The second kappa shape index (κ2) is 8.27. The van der Waals surface area contributed by atoms with Crippen molar-refractivity contribution in [3.63, 3.8) is 0 Å². The van der Waals surface area contributed by atoms with Gasteiger partial charge in [0.05, 0.1) is 0 Å². The fraction of sp³-hybridized carbons (Fsp3) is 0.632. The van der Waals surface area contributed by atoms with Gasteiger partial charge in [-0.25, -0.2) is 4.79 Å². The minimum absolute atomic E-state index is 0.0185. The largest absolute Gasteiger partial charge is 0.444 e. The zero-order chi connectivity index (χ0) is 18.4. The van der Waals surface area contributed by atoms with Gasteiger partial charge >= 0.3 is 6.09 Å². The number of piperidine rings is 1. The van der Waals surface area contributed by atoms with E-state index in [1.807, 2.05) is 20.8 Å². The molecule has 2 rings (SSSR count). The predicted molar refractivity (Wildman–Crippen MR) is 93.7 cm³/mol. The summed E-state index contributed by atoms with van der Waals surface area (Å²) in [5.41, 5.74) is -0.310. The molecule has 0 unspecified atom stereocenters. The van der Waals surface area contributed by atoms with Gasteiger partial charge < -0.3 is 9.64 Å². The number of ether oxygens (including phenoxy) is 1. The van der Waals surface area contributed by atoms with Crippen molar-refractivity contribution in [2.45, 2.75) is 59.0 Å². The van der Waals surface area contributed by atoms with E-state index < -0.39 is 5.60 Å². The van der Waals surface area contributed by atoms with E-state index in [1.165, 1.54) is 13.0 Å². The minimum atomic E-state index is -0.441. The molecular weight excluding hydrogens is 306 g/mol. The molecule has 0 radical (unpaired) electrons. The standard InChI is InChI=1S/C15H23NO3.C4H6O/c1-14(2,3)19-13(18)16-10-8-15(9-11-16)6-4-12(17)5-7-15;1-3-4(2)5/h4,6H,5,7-11H2,1-3H3;3H,1H2,2H3. The molecule has 134 valence electrons. The molecule has 0 aromatic heterocycles. The SMILES string of the molecule is C=CC(C)=O.CC(C)(C)OC(=O)N1CCC2(C=CC(=O)CC2)CC1. The third-order valence-corrected chi connectivity index (χ3v) is 4.19. The Hall–Kier alpha value is -1.91. The molecule has 24 heavy (non-hydrogen) atoms. The zero-order valence-corrected chi connectivity index (χ0v) is 15.3. The fourth-order valence-corrected chi connectivity index (χ4v) is 2.69. The summed E-state index contributed by atoms with van der Waals surface area (Å²) in [6.45, 7) is 11.7. The molecule has 5 nitrogen and oxygen atoms in total. The number of allylic oxidation sites excluding steroid dienone is 3. The Morgan fingerprint density at radius 1 is 1.25 bits per heavy atom. The number of hydrogen-bond acceptors (Lipinski definition) is 4. The Bertz CT molecular complexity index is 520. The molecule has 0 atom stereocenters. The maximum atomic E-state index is 12.0. The molecule has 1 aliphatic carbocycles. The van der Waals surface area contributed by atoms with Crippen LogP contribution in [0.4, 0.5) is 4.79 Å². The Morgan fingerprint density at radius 2 is 1.79 bits per heavy atom. The van der Waals surface area contributed by atoms with Crippen molar-refractivity contribution in [2.75, 3.05) is 13.1 Å². The molecule has 0 N–H and O–H groups in total. The topological polar surface area (TPSA) is 63.7 Å². The number of nitrogens with zero attached hydrogens (tertiary/aromatic N) is 1. The van der Waals surface area contributed by atoms with E-state index in [1.54, 1.807) is 11.0 Å². The Balaban J connectivity index is 0.000000505. The van der Waals surface area contributed by atoms with E-state index in [2.05, 4.69) is 12.7 Å². The van der Waals surface area contributed by atoms with Crippen LogP contribution in [0.2, 0.25) is 0 Å². The van der Waals surface area contributed by atoms with Crippen LogP contribution in [0.15, 0.2) is 24.8 Å². The van der Waals surface area contributed by atoms with Crippen LogP contribution in [0.1, 0.15) is 53.4 Å². The highest BCUT2D eigenvalue weighted by Crippen LogP contribution is 2.40. The summed E-state index contributed by atoms with van der Waals surface area (Å²) >= 11 is 0. The molecule has 5 heteroatoms. The molecule has 0 aromatic rings. The van der Waals surface area contributed by atoms with Crippen LogP contribution in [0.5, 0.6) is 0 Å². The molecule has 1 spiro atoms. The van der Waals surface area contributed by atoms with Crippen molar-refractivity contribution in [2.24, 2.45) is 5.41 Å². The maximum absolute atomic E-state index is 12.0. The summed E-state index contributed by atoms with van der Waals surface area (Å²) in [5, 5.41) is 0. The molecule has 0 bridgehead atoms. The summed E-state index contributed by atoms with van der Waals surface area (Å²) < 4.78 is 5.38. The highest BCUT2D eigenvalue weighted by atomic mass is 16.6. The average Bonchev–Trinajstić information content (AvgIpc) is 2.50. The second-order valence-electron chi connectivity index (χ2n) is 7.44. The van der Waals surface area contributed by atoms with E-state index in [9.17, 15) is 14.4 Å². The van der Waals surface area contributed by atoms with Crippen LogP contribution in [-0.2, 0) is 14.3 Å². The smallest absolute Gasteiger partial charge is 0.410 e. The fourth-order valence-electron chi connectivity index (χ4n) is 2.69. The first-order chi connectivity index (χ1) is 11.1. The van der Waals surface area contributed by atoms with Gasteiger partial charge in [-0.15, -0.1) is 0 Å². The second-order valence-corrected chi connectivity index (χ2v) is 7.44. The van der Waals surface area contributed by atoms with Crippen molar-refractivity contribution in [1.29, 1.82) is 0 Å². The van der Waals surface area contributed by atoms with Gasteiger partial charge in [-0.05, 0) is 64.5 Å². The number of hydrogen-bond donors (Lipinski definition) is 0. The van der Waals surface area contributed by atoms with Gasteiger partial charge in [0.1, 0.15) is 5.60 Å². The third-order valence-electron chi connectivity index (χ3n) is 4.19. The van der Waals surface area contributed by atoms with E-state index in [0.717, 1.165) is 19.3 Å². The minimum Gasteiger partial charge on any atom is -0.444 e. The predicted octanol–water partition coefficient (Wildman–Crippen LogP) is 3.68. The van der Waals surface area contributed by atoms with Gasteiger partial charge in [-0.2, -0.15) is 0 Å². The van der Waals surface area contributed by atoms with Crippen LogP contribution in [0.25, 0.3) is 0 Å². The van der Waals surface area contributed by atoms with E-state index in [0.29, 0.717) is 19.5 Å². The first kappa shape index (κ1) is 20.1. The Labute approximate surface area is 144 Å². The lowest BCUT2D eigenvalue weighted by atomic mass is 9.72. The van der Waals surface area contributed by atoms with Gasteiger partial charge in [0.2, 0.25) is 0 Å². The monoisotopic (exact) mass is 335 g/mol. The number of amides is 1. The highest BCUT2D eigenvalue weighted by molar-refractivity contribution is 5.90. The third kappa shape index (κ3) is 6.69. The number of rotatable bonds is 1. The first-order valence-electron chi connectivity index (χ1n) is 8.40. The molecule has 0 saturated carbocycles. The summed E-state index contributed by atoms with van der Waals surface area (Å²) in [6.07, 6.45) is 8.25. The van der Waals surface area contributed by atoms with Crippen molar-refractivity contribution >= 4 is 17.7 Å². The molecule has 1 heterocycles. The molecule has 0 aromatic carbocycles. The lowest BCUT2D eigenvalue weighted by Crippen LogP contribution is -2.45. The van der Waals surface area contributed by atoms with Crippen LogP contribution in [0.3, 0.4) is 0 Å². The van der Waals surface area contributed by atoms with Crippen molar-refractivity contribution < 1.29 is 19.1 Å². The molecule has 1 fully saturated rings. The number of carbonyl (C=O) groups excluding carboxylic acids is 3. The van der Waals surface area contributed by atoms with Gasteiger partial charge in [-0.1, -0.05) is 12.7 Å². The van der Waals surface area contributed by atoms with Crippen LogP contribution in [0, 0.1) is 5.41 Å². The van der Waals surface area contributed by atoms with Crippen LogP contribution in [-0.4, -0.2) is 41.3 Å². The normalized spacial score (nSPS) is 19.3. The summed E-state index contributed by atoms with van der Waals surface area (Å²) in [5.74, 6) is 0.241. The van der Waals surface area contributed by atoms with Gasteiger partial charge in [0.25, 0.3) is 0 Å². The highest BCUT2D eigenvalue weighted by Gasteiger charge is 2.36. The molecule has 1 aliphatic heterocycles. The van der Waals surface area contributed by atoms with E-state index >= 15 is 0 Å². The van der Waals surface area contributed by atoms with Crippen LogP contribution >= 0.6 is 0 Å². The van der Waals surface area contributed by atoms with Crippen LogP contribution < -0.4 is 0 Å². The first-order valence-corrected chi connectivity index (χ1v) is 8.40. The van der Waals surface area contributed by atoms with Crippen molar-refractivity contribution in [1.82, 2.24) is 4.90 Å². The lowest BCUT2D eigenvalue weighted by molar-refractivity contribution is -0.116. The Morgan fingerprint density at radius 3 is 2.17 bits per heavy atom. The van der Waals surface area contributed by atoms with E-state index in [-0.39, 0.29) is 23.1 Å². The molecule has 1 saturated heterocycles. The van der Waals surface area contributed by atoms with Gasteiger partial charge in [0.15, 0.2) is 11.6 Å². The quantitative estimate of drug-likeness (QED) is 0.686. The molecule has 2 aliphatic rings. The molecular formula is C19H29NO4. The average molecular weight is 335 g/mol. The number of carbonyl (C=O) groups is 3. The van der Waals surface area contributed by atoms with E-state index in [4.69, 9.17) is 4.74 Å². The van der Waals surface area contributed by atoms with Crippen molar-refractivity contribution in [3.05, 3.63) is 24.8 Å². The summed E-state index contributed by atoms with van der Waals surface area (Å²) in [6, 6.07) is 0.